The highest BCUT2D eigenvalue weighted by Gasteiger charge is 2.24. The number of hydrogen-bond donors (Lipinski definition) is 0. The van der Waals surface area contributed by atoms with Gasteiger partial charge in [0.1, 0.15) is 5.78 Å². The van der Waals surface area contributed by atoms with E-state index >= 15 is 0 Å². The number of thioether (sulfide) groups is 1. The van der Waals surface area contributed by atoms with E-state index < -0.39 is 0 Å². The molecule has 0 amide bonds. The predicted molar refractivity (Wildman–Crippen MR) is 90.6 cm³/mol. The van der Waals surface area contributed by atoms with Gasteiger partial charge in [0.15, 0.2) is 5.12 Å². The van der Waals surface area contributed by atoms with Crippen molar-refractivity contribution in [1.29, 1.82) is 0 Å². The van der Waals surface area contributed by atoms with Crippen LogP contribution in [0.15, 0.2) is 30.3 Å². The van der Waals surface area contributed by atoms with Gasteiger partial charge < -0.3 is 0 Å². The van der Waals surface area contributed by atoms with Gasteiger partial charge in [-0.2, -0.15) is 0 Å². The van der Waals surface area contributed by atoms with Crippen molar-refractivity contribution in [3.05, 3.63) is 35.9 Å². The molecule has 0 aliphatic heterocycles. The van der Waals surface area contributed by atoms with Crippen LogP contribution in [0.5, 0.6) is 0 Å². The highest BCUT2D eigenvalue weighted by molar-refractivity contribution is 8.14. The van der Waals surface area contributed by atoms with E-state index in [1.165, 1.54) is 11.8 Å². The molecule has 0 saturated heterocycles. The van der Waals surface area contributed by atoms with Crippen LogP contribution in [0.2, 0.25) is 0 Å². The third-order valence-electron chi connectivity index (χ3n) is 3.20. The molecule has 0 aliphatic carbocycles. The Hall–Kier alpha value is -1.09. The van der Waals surface area contributed by atoms with E-state index in [2.05, 4.69) is 0 Å². The second-order valence-electron chi connectivity index (χ2n) is 6.72. The molecule has 3 heteroatoms. The normalized spacial score (nSPS) is 13.2. The average molecular weight is 306 g/mol. The van der Waals surface area contributed by atoms with Crippen LogP contribution in [0.4, 0.5) is 0 Å². The molecule has 0 unspecified atom stereocenters. The molecular weight excluding hydrogens is 280 g/mol. The van der Waals surface area contributed by atoms with Crippen LogP contribution < -0.4 is 0 Å². The lowest BCUT2D eigenvalue weighted by molar-refractivity contribution is -0.122. The van der Waals surface area contributed by atoms with Crippen LogP contribution in [0, 0.1) is 5.92 Å². The Kier molecular flexibility index (Phi) is 6.66. The summed E-state index contributed by atoms with van der Waals surface area (Å²) < 4.78 is -0.0830. The van der Waals surface area contributed by atoms with Gasteiger partial charge in [-0.1, -0.05) is 76.7 Å². The smallest absolute Gasteiger partial charge is 0.190 e. The zero-order chi connectivity index (χ0) is 16.0. The molecule has 21 heavy (non-hydrogen) atoms. The first kappa shape index (κ1) is 18.0. The largest absolute Gasteiger partial charge is 0.299 e. The number of carbonyl (C=O) groups excluding carboxylic acids is 2. The highest BCUT2D eigenvalue weighted by atomic mass is 32.2. The monoisotopic (exact) mass is 306 g/mol. The average Bonchev–Trinajstić information content (AvgIpc) is 2.36. The van der Waals surface area contributed by atoms with Crippen molar-refractivity contribution >= 4 is 22.7 Å². The third-order valence-corrected chi connectivity index (χ3v) is 4.20. The quantitative estimate of drug-likeness (QED) is 0.754. The first-order valence-electron chi connectivity index (χ1n) is 7.48. The minimum absolute atomic E-state index is 0.0107. The molecule has 0 radical (unpaired) electrons. The fraction of sp³-hybridized carbons (Fsp3) is 0.556. The Morgan fingerprint density at radius 3 is 2.10 bits per heavy atom. The topological polar surface area (TPSA) is 34.1 Å². The van der Waals surface area contributed by atoms with Crippen molar-refractivity contribution in [2.75, 3.05) is 0 Å². The number of Topliss-reactive ketones (excluding diaryl/α,β-unsaturated/α-hetero) is 1. The molecular formula is C18H26O2S. The van der Waals surface area contributed by atoms with Crippen molar-refractivity contribution < 1.29 is 9.59 Å². The van der Waals surface area contributed by atoms with Crippen molar-refractivity contribution in [1.82, 2.24) is 0 Å². The maximum atomic E-state index is 12.2. The van der Waals surface area contributed by atoms with E-state index in [0.717, 1.165) is 5.56 Å². The summed E-state index contributed by atoms with van der Waals surface area (Å²) in [5, 5.41) is 0.160. The van der Waals surface area contributed by atoms with Crippen LogP contribution in [0.25, 0.3) is 0 Å². The summed E-state index contributed by atoms with van der Waals surface area (Å²) in [4.78, 5) is 24.3. The van der Waals surface area contributed by atoms with Crippen molar-refractivity contribution in [2.45, 2.75) is 58.1 Å². The summed E-state index contributed by atoms with van der Waals surface area (Å²) in [6.45, 7) is 9.93. The van der Waals surface area contributed by atoms with Crippen LogP contribution in [-0.2, 0) is 9.59 Å². The SMILES string of the molecule is CC(C)C(=O)C[C@@H](CC(=O)SC(C)(C)C)c1ccccc1. The Morgan fingerprint density at radius 2 is 1.62 bits per heavy atom. The van der Waals surface area contributed by atoms with Gasteiger partial charge in [-0.05, 0) is 11.5 Å². The predicted octanol–water partition coefficient (Wildman–Crippen LogP) is 4.83. The molecule has 1 atom stereocenters. The van der Waals surface area contributed by atoms with E-state index in [1.807, 2.05) is 65.0 Å². The van der Waals surface area contributed by atoms with Gasteiger partial charge >= 0.3 is 0 Å². The number of ketones is 1. The Balaban J connectivity index is 2.83. The van der Waals surface area contributed by atoms with E-state index in [1.54, 1.807) is 0 Å². The molecule has 0 saturated carbocycles. The summed E-state index contributed by atoms with van der Waals surface area (Å²) in [5.74, 6) is 0.224. The lowest BCUT2D eigenvalue weighted by Gasteiger charge is -2.20. The fourth-order valence-electron chi connectivity index (χ4n) is 2.10. The van der Waals surface area contributed by atoms with Gasteiger partial charge in [-0.3, -0.25) is 9.59 Å². The number of rotatable bonds is 6. The van der Waals surface area contributed by atoms with Gasteiger partial charge in [0, 0.05) is 23.5 Å². The molecule has 0 aliphatic rings. The van der Waals surface area contributed by atoms with Crippen LogP contribution >= 0.6 is 11.8 Å². The molecule has 1 rings (SSSR count). The molecule has 0 bridgehead atoms. The lowest BCUT2D eigenvalue weighted by Crippen LogP contribution is -2.17. The van der Waals surface area contributed by atoms with Gasteiger partial charge in [-0.25, -0.2) is 0 Å². The maximum Gasteiger partial charge on any atom is 0.190 e. The van der Waals surface area contributed by atoms with Crippen molar-refractivity contribution in [3.63, 3.8) is 0 Å². The van der Waals surface area contributed by atoms with Gasteiger partial charge in [-0.15, -0.1) is 0 Å². The summed E-state index contributed by atoms with van der Waals surface area (Å²) in [5.41, 5.74) is 1.08. The van der Waals surface area contributed by atoms with E-state index in [4.69, 9.17) is 0 Å². The second-order valence-corrected chi connectivity index (χ2v) is 8.61. The summed E-state index contributed by atoms with van der Waals surface area (Å²) in [6, 6.07) is 9.89. The third kappa shape index (κ3) is 6.94. The van der Waals surface area contributed by atoms with Gasteiger partial charge in [0.2, 0.25) is 0 Å². The molecule has 116 valence electrons. The molecule has 0 spiro atoms. The Bertz CT molecular complexity index is 472. The molecule has 0 aromatic heterocycles. The fourth-order valence-corrected chi connectivity index (χ4v) is 3.06. The number of benzene rings is 1. The zero-order valence-electron chi connectivity index (χ0n) is 13.7. The van der Waals surface area contributed by atoms with Gasteiger partial charge in [0.05, 0.1) is 0 Å². The van der Waals surface area contributed by atoms with E-state index in [9.17, 15) is 9.59 Å². The minimum Gasteiger partial charge on any atom is -0.299 e. The molecule has 0 fully saturated rings. The van der Waals surface area contributed by atoms with E-state index in [0.29, 0.717) is 12.8 Å². The van der Waals surface area contributed by atoms with Crippen LogP contribution in [-0.4, -0.2) is 15.6 Å². The molecule has 0 N–H and O–H groups in total. The van der Waals surface area contributed by atoms with Crippen LogP contribution in [0.3, 0.4) is 0 Å². The highest BCUT2D eigenvalue weighted by Crippen LogP contribution is 2.32. The van der Waals surface area contributed by atoms with Gasteiger partial charge in [0.25, 0.3) is 0 Å². The Labute approximate surface area is 132 Å². The molecule has 0 heterocycles. The molecule has 2 nitrogen and oxygen atoms in total. The Morgan fingerprint density at radius 1 is 1.05 bits per heavy atom. The summed E-state index contributed by atoms with van der Waals surface area (Å²) in [7, 11) is 0. The van der Waals surface area contributed by atoms with Crippen molar-refractivity contribution in [2.24, 2.45) is 5.92 Å². The molecule has 1 aromatic carbocycles. The van der Waals surface area contributed by atoms with Crippen molar-refractivity contribution in [3.8, 4) is 0 Å². The molecule has 1 aromatic rings. The van der Waals surface area contributed by atoms with E-state index in [-0.39, 0.29) is 27.5 Å². The number of carbonyl (C=O) groups is 2. The second kappa shape index (κ2) is 7.79. The summed E-state index contributed by atoms with van der Waals surface area (Å²) in [6.07, 6.45) is 0.864. The first-order valence-corrected chi connectivity index (χ1v) is 8.30. The summed E-state index contributed by atoms with van der Waals surface area (Å²) >= 11 is 1.37. The lowest BCUT2D eigenvalue weighted by atomic mass is 9.88. The maximum absolute atomic E-state index is 12.2. The first-order chi connectivity index (χ1) is 9.69. The minimum atomic E-state index is -0.0830. The standard InChI is InChI=1S/C18H26O2S/c1-13(2)16(19)11-15(14-9-7-6-8-10-14)12-17(20)21-18(3,4)5/h6-10,13,15H,11-12H2,1-5H3/t15-/m0/s1. The number of hydrogen-bond acceptors (Lipinski definition) is 3. The zero-order valence-corrected chi connectivity index (χ0v) is 14.5. The van der Waals surface area contributed by atoms with Crippen LogP contribution in [0.1, 0.15) is 58.9 Å².